The van der Waals surface area contributed by atoms with Crippen LogP contribution in [-0.2, 0) is 6.54 Å². The largest absolute Gasteiger partial charge is 0.496 e. The van der Waals surface area contributed by atoms with Crippen molar-refractivity contribution in [3.8, 4) is 5.75 Å². The van der Waals surface area contributed by atoms with E-state index in [1.54, 1.807) is 7.11 Å². The Hall–Kier alpha value is -1.80. The van der Waals surface area contributed by atoms with Crippen LogP contribution in [0.5, 0.6) is 5.75 Å². The summed E-state index contributed by atoms with van der Waals surface area (Å²) < 4.78 is 5.47. The van der Waals surface area contributed by atoms with Gasteiger partial charge in [-0.15, -0.1) is 0 Å². The lowest BCUT2D eigenvalue weighted by molar-refractivity contribution is 0.402. The molecule has 1 atom stereocenters. The van der Waals surface area contributed by atoms with Gasteiger partial charge in [0.1, 0.15) is 5.75 Å². The minimum absolute atomic E-state index is 0.455. The van der Waals surface area contributed by atoms with E-state index in [2.05, 4.69) is 60.8 Å². The lowest BCUT2D eigenvalue weighted by Crippen LogP contribution is -2.23. The van der Waals surface area contributed by atoms with E-state index < -0.39 is 0 Å². The maximum atomic E-state index is 5.47. The highest BCUT2D eigenvalue weighted by Crippen LogP contribution is 2.41. The second kappa shape index (κ2) is 6.31. The molecule has 0 bridgehead atoms. The zero-order chi connectivity index (χ0) is 14.7. The Kier molecular flexibility index (Phi) is 4.26. The topological polar surface area (TPSA) is 21.3 Å². The molecule has 0 heterocycles. The number of nitrogens with one attached hydrogen (secondary N) is 1. The van der Waals surface area contributed by atoms with Crippen molar-refractivity contribution in [2.45, 2.75) is 32.4 Å². The summed E-state index contributed by atoms with van der Waals surface area (Å²) in [6.45, 7) is 2.97. The second-order valence-electron chi connectivity index (χ2n) is 5.92. The Morgan fingerprint density at radius 2 is 1.90 bits per heavy atom. The summed E-state index contributed by atoms with van der Waals surface area (Å²) in [4.78, 5) is 0. The molecule has 110 valence electrons. The van der Waals surface area contributed by atoms with Crippen LogP contribution in [0.3, 0.4) is 0 Å². The van der Waals surface area contributed by atoms with Crippen LogP contribution in [0.1, 0.15) is 35.6 Å². The van der Waals surface area contributed by atoms with Crippen molar-refractivity contribution < 1.29 is 4.74 Å². The first-order chi connectivity index (χ1) is 10.3. The zero-order valence-corrected chi connectivity index (χ0v) is 12.8. The van der Waals surface area contributed by atoms with Gasteiger partial charge in [-0.25, -0.2) is 0 Å². The second-order valence-corrected chi connectivity index (χ2v) is 5.92. The van der Waals surface area contributed by atoms with Crippen molar-refractivity contribution in [3.63, 3.8) is 0 Å². The lowest BCUT2D eigenvalue weighted by Gasteiger charge is -2.20. The number of aryl methyl sites for hydroxylation is 1. The van der Waals surface area contributed by atoms with Crippen molar-refractivity contribution in [3.05, 3.63) is 65.2 Å². The van der Waals surface area contributed by atoms with Gasteiger partial charge in [0.15, 0.2) is 0 Å². The summed E-state index contributed by atoms with van der Waals surface area (Å²) in [6, 6.07) is 17.6. The lowest BCUT2D eigenvalue weighted by atomic mass is 10.0. The van der Waals surface area contributed by atoms with Gasteiger partial charge in [-0.2, -0.15) is 0 Å². The fraction of sp³-hybridized carbons (Fsp3) is 0.368. The van der Waals surface area contributed by atoms with E-state index in [0.717, 1.165) is 18.2 Å². The van der Waals surface area contributed by atoms with E-state index in [1.807, 2.05) is 0 Å². The van der Waals surface area contributed by atoms with Gasteiger partial charge in [-0.05, 0) is 37.3 Å². The molecule has 0 amide bonds. The van der Waals surface area contributed by atoms with E-state index in [9.17, 15) is 0 Å². The molecule has 3 rings (SSSR count). The van der Waals surface area contributed by atoms with Gasteiger partial charge in [-0.1, -0.05) is 48.0 Å². The molecule has 1 fully saturated rings. The van der Waals surface area contributed by atoms with Gasteiger partial charge in [0, 0.05) is 18.2 Å². The van der Waals surface area contributed by atoms with Crippen LogP contribution >= 0.6 is 0 Å². The van der Waals surface area contributed by atoms with Crippen molar-refractivity contribution >= 4 is 0 Å². The molecule has 21 heavy (non-hydrogen) atoms. The fourth-order valence-electron chi connectivity index (χ4n) is 2.91. The molecule has 2 aromatic carbocycles. The first-order valence-corrected chi connectivity index (χ1v) is 7.70. The highest BCUT2D eigenvalue weighted by molar-refractivity contribution is 5.37. The van der Waals surface area contributed by atoms with Crippen LogP contribution in [-0.4, -0.2) is 7.11 Å². The third-order valence-electron chi connectivity index (χ3n) is 4.20. The Balaban J connectivity index is 1.74. The maximum Gasteiger partial charge on any atom is 0.123 e. The monoisotopic (exact) mass is 281 g/mol. The molecular weight excluding hydrogens is 258 g/mol. The number of hydrogen-bond donors (Lipinski definition) is 1. The number of hydrogen-bond acceptors (Lipinski definition) is 2. The minimum Gasteiger partial charge on any atom is -0.496 e. The normalized spacial score (nSPS) is 15.7. The summed E-state index contributed by atoms with van der Waals surface area (Å²) in [6.07, 6.45) is 2.66. The quantitative estimate of drug-likeness (QED) is 0.855. The molecule has 1 aliphatic carbocycles. The minimum atomic E-state index is 0.455. The first kappa shape index (κ1) is 14.2. The molecule has 0 spiro atoms. The van der Waals surface area contributed by atoms with Gasteiger partial charge < -0.3 is 10.1 Å². The van der Waals surface area contributed by atoms with Gasteiger partial charge in [-0.3, -0.25) is 0 Å². The molecule has 0 saturated heterocycles. The van der Waals surface area contributed by atoms with Crippen LogP contribution in [0.25, 0.3) is 0 Å². The van der Waals surface area contributed by atoms with E-state index in [0.29, 0.717) is 6.04 Å². The molecule has 2 aromatic rings. The average Bonchev–Trinajstić information content (AvgIpc) is 3.34. The van der Waals surface area contributed by atoms with Crippen LogP contribution < -0.4 is 10.1 Å². The van der Waals surface area contributed by atoms with Crippen LogP contribution in [0, 0.1) is 12.8 Å². The van der Waals surface area contributed by atoms with Gasteiger partial charge in [0.25, 0.3) is 0 Å². The van der Waals surface area contributed by atoms with Crippen LogP contribution in [0.4, 0.5) is 0 Å². The van der Waals surface area contributed by atoms with Crippen LogP contribution in [0.2, 0.25) is 0 Å². The van der Waals surface area contributed by atoms with E-state index in [1.165, 1.54) is 29.5 Å². The average molecular weight is 281 g/mol. The van der Waals surface area contributed by atoms with E-state index >= 15 is 0 Å². The smallest absolute Gasteiger partial charge is 0.123 e. The number of rotatable bonds is 6. The third-order valence-corrected chi connectivity index (χ3v) is 4.20. The molecule has 1 N–H and O–H groups in total. The Bertz CT molecular complexity index is 590. The van der Waals surface area contributed by atoms with E-state index in [4.69, 9.17) is 4.74 Å². The van der Waals surface area contributed by atoms with Gasteiger partial charge >= 0.3 is 0 Å². The Morgan fingerprint density at radius 3 is 2.57 bits per heavy atom. The molecule has 1 unspecified atom stereocenters. The van der Waals surface area contributed by atoms with Crippen LogP contribution in [0.15, 0.2) is 48.5 Å². The molecule has 2 heteroatoms. The number of benzene rings is 2. The molecule has 1 aliphatic rings. The van der Waals surface area contributed by atoms with Crippen molar-refractivity contribution in [2.24, 2.45) is 5.92 Å². The van der Waals surface area contributed by atoms with Crippen molar-refractivity contribution in [1.29, 1.82) is 0 Å². The Morgan fingerprint density at radius 1 is 1.14 bits per heavy atom. The summed E-state index contributed by atoms with van der Waals surface area (Å²) in [5.74, 6) is 1.75. The number of ether oxygens (including phenoxy) is 1. The van der Waals surface area contributed by atoms with Gasteiger partial charge in [0.2, 0.25) is 0 Å². The predicted molar refractivity (Wildman–Crippen MR) is 86.5 cm³/mol. The standard InChI is InChI=1S/C19H23NO/c1-14-8-11-18(21-2)17(12-14)13-20-19(16-9-10-16)15-6-4-3-5-7-15/h3-8,11-12,16,19-20H,9-10,13H2,1-2H3. The molecule has 1 saturated carbocycles. The van der Waals surface area contributed by atoms with Crippen molar-refractivity contribution in [2.75, 3.05) is 7.11 Å². The summed E-state index contributed by atoms with van der Waals surface area (Å²) in [5.41, 5.74) is 3.90. The number of methoxy groups -OCH3 is 1. The highest BCUT2D eigenvalue weighted by Gasteiger charge is 2.31. The molecule has 0 radical (unpaired) electrons. The first-order valence-electron chi connectivity index (χ1n) is 7.70. The molecule has 2 nitrogen and oxygen atoms in total. The van der Waals surface area contributed by atoms with Crippen molar-refractivity contribution in [1.82, 2.24) is 5.32 Å². The van der Waals surface area contributed by atoms with E-state index in [-0.39, 0.29) is 0 Å². The summed E-state index contributed by atoms with van der Waals surface area (Å²) >= 11 is 0. The summed E-state index contributed by atoms with van der Waals surface area (Å²) in [5, 5.41) is 3.74. The Labute approximate surface area is 127 Å². The maximum absolute atomic E-state index is 5.47. The van der Waals surface area contributed by atoms with Gasteiger partial charge in [0.05, 0.1) is 7.11 Å². The third kappa shape index (κ3) is 3.45. The highest BCUT2D eigenvalue weighted by atomic mass is 16.5. The predicted octanol–water partition coefficient (Wildman–Crippen LogP) is 4.24. The zero-order valence-electron chi connectivity index (χ0n) is 12.8. The SMILES string of the molecule is COc1ccc(C)cc1CNC(c1ccccc1)C1CC1. The molecular formula is C19H23NO. The molecule has 0 aromatic heterocycles. The summed E-state index contributed by atoms with van der Waals surface area (Å²) in [7, 11) is 1.74. The molecule has 0 aliphatic heterocycles. The fourth-order valence-corrected chi connectivity index (χ4v) is 2.91.